The lowest BCUT2D eigenvalue weighted by Crippen LogP contribution is -2.16. The van der Waals surface area contributed by atoms with Gasteiger partial charge in [-0.05, 0) is 37.3 Å². The molecule has 14 heavy (non-hydrogen) atoms. The van der Waals surface area contributed by atoms with E-state index in [0.29, 0.717) is 11.7 Å². The van der Waals surface area contributed by atoms with Gasteiger partial charge in [0.25, 0.3) is 0 Å². The van der Waals surface area contributed by atoms with Crippen LogP contribution in [0.2, 0.25) is 0 Å². The van der Waals surface area contributed by atoms with Gasteiger partial charge >= 0.3 is 0 Å². The highest BCUT2D eigenvalue weighted by atomic mass is 19.1. The SMILES string of the molecule is C[C@H]1CC[C@H](Nc2ccccc2F)C1. The van der Waals surface area contributed by atoms with Crippen molar-refractivity contribution in [3.8, 4) is 0 Å². The molecule has 0 amide bonds. The standard InChI is InChI=1S/C12H16FN/c1-9-6-7-10(8-9)14-12-5-3-2-4-11(12)13/h2-5,9-10,14H,6-8H2,1H3/t9-,10-/m0/s1. The fourth-order valence-electron chi connectivity index (χ4n) is 2.14. The number of hydrogen-bond donors (Lipinski definition) is 1. The van der Waals surface area contributed by atoms with E-state index in [1.165, 1.54) is 12.5 Å². The third kappa shape index (κ3) is 2.06. The van der Waals surface area contributed by atoms with Crippen LogP contribution in [0.25, 0.3) is 0 Å². The summed E-state index contributed by atoms with van der Waals surface area (Å²) in [6, 6.07) is 7.35. The highest BCUT2D eigenvalue weighted by molar-refractivity contribution is 5.45. The zero-order chi connectivity index (χ0) is 9.97. The fourth-order valence-corrected chi connectivity index (χ4v) is 2.14. The molecule has 2 rings (SSSR count). The summed E-state index contributed by atoms with van der Waals surface area (Å²) in [5, 5.41) is 3.26. The van der Waals surface area contributed by atoms with Crippen molar-refractivity contribution in [2.24, 2.45) is 5.92 Å². The van der Waals surface area contributed by atoms with Crippen LogP contribution in [0.1, 0.15) is 26.2 Å². The highest BCUT2D eigenvalue weighted by Crippen LogP contribution is 2.28. The molecule has 1 aromatic carbocycles. The molecule has 1 nitrogen and oxygen atoms in total. The summed E-state index contributed by atoms with van der Waals surface area (Å²) in [6.07, 6.45) is 3.58. The predicted octanol–water partition coefficient (Wildman–Crippen LogP) is 3.43. The van der Waals surface area contributed by atoms with Crippen LogP contribution in [-0.2, 0) is 0 Å². The van der Waals surface area contributed by atoms with Crippen molar-refractivity contribution >= 4 is 5.69 Å². The molecule has 76 valence electrons. The van der Waals surface area contributed by atoms with Crippen molar-refractivity contribution in [3.63, 3.8) is 0 Å². The Morgan fingerprint density at radius 3 is 2.71 bits per heavy atom. The van der Waals surface area contributed by atoms with Crippen LogP contribution in [0.4, 0.5) is 10.1 Å². The molecule has 1 aliphatic carbocycles. The van der Waals surface area contributed by atoms with Crippen molar-refractivity contribution in [2.75, 3.05) is 5.32 Å². The number of rotatable bonds is 2. The monoisotopic (exact) mass is 193 g/mol. The molecule has 1 saturated carbocycles. The Balaban J connectivity index is 2.01. The van der Waals surface area contributed by atoms with E-state index >= 15 is 0 Å². The summed E-state index contributed by atoms with van der Waals surface area (Å²) < 4.78 is 13.3. The third-order valence-corrected chi connectivity index (χ3v) is 2.93. The van der Waals surface area contributed by atoms with Gasteiger partial charge < -0.3 is 5.32 Å². The molecule has 2 atom stereocenters. The minimum Gasteiger partial charge on any atom is -0.380 e. The summed E-state index contributed by atoms with van der Waals surface area (Å²) >= 11 is 0. The maximum absolute atomic E-state index is 13.3. The van der Waals surface area contributed by atoms with E-state index in [1.54, 1.807) is 12.1 Å². The van der Waals surface area contributed by atoms with Gasteiger partial charge in [0.15, 0.2) is 0 Å². The van der Waals surface area contributed by atoms with Gasteiger partial charge in [-0.15, -0.1) is 0 Å². The lowest BCUT2D eigenvalue weighted by atomic mass is 10.1. The Hall–Kier alpha value is -1.05. The molecule has 0 bridgehead atoms. The van der Waals surface area contributed by atoms with Gasteiger partial charge in [0.2, 0.25) is 0 Å². The molecule has 1 aromatic rings. The van der Waals surface area contributed by atoms with E-state index in [-0.39, 0.29) is 5.82 Å². The summed E-state index contributed by atoms with van der Waals surface area (Å²) in [5.74, 6) is 0.631. The normalized spacial score (nSPS) is 26.4. The minimum atomic E-state index is -0.146. The molecule has 1 N–H and O–H groups in total. The Morgan fingerprint density at radius 2 is 2.07 bits per heavy atom. The second-order valence-electron chi connectivity index (χ2n) is 4.24. The van der Waals surface area contributed by atoms with Gasteiger partial charge in [0, 0.05) is 6.04 Å². The van der Waals surface area contributed by atoms with E-state index < -0.39 is 0 Å². The maximum atomic E-state index is 13.3. The van der Waals surface area contributed by atoms with E-state index in [9.17, 15) is 4.39 Å². The van der Waals surface area contributed by atoms with Crippen molar-refractivity contribution in [1.29, 1.82) is 0 Å². The van der Waals surface area contributed by atoms with Crippen molar-refractivity contribution < 1.29 is 4.39 Å². The first-order valence-corrected chi connectivity index (χ1v) is 5.27. The highest BCUT2D eigenvalue weighted by Gasteiger charge is 2.21. The maximum Gasteiger partial charge on any atom is 0.146 e. The number of nitrogens with one attached hydrogen (secondary N) is 1. The number of hydrogen-bond acceptors (Lipinski definition) is 1. The second kappa shape index (κ2) is 3.99. The summed E-state index contributed by atoms with van der Waals surface area (Å²) in [6.45, 7) is 2.25. The molecular weight excluding hydrogens is 177 g/mol. The van der Waals surface area contributed by atoms with E-state index in [4.69, 9.17) is 0 Å². The van der Waals surface area contributed by atoms with Crippen molar-refractivity contribution in [1.82, 2.24) is 0 Å². The van der Waals surface area contributed by atoms with Crippen LogP contribution in [0.5, 0.6) is 0 Å². The molecule has 1 aliphatic rings. The van der Waals surface area contributed by atoms with E-state index in [0.717, 1.165) is 18.8 Å². The molecule has 2 heteroatoms. The number of anilines is 1. The Morgan fingerprint density at radius 1 is 1.29 bits per heavy atom. The fraction of sp³-hybridized carbons (Fsp3) is 0.500. The van der Waals surface area contributed by atoms with E-state index in [2.05, 4.69) is 12.2 Å². The molecule has 1 fully saturated rings. The Kier molecular flexibility index (Phi) is 2.71. The smallest absolute Gasteiger partial charge is 0.146 e. The zero-order valence-electron chi connectivity index (χ0n) is 8.46. The van der Waals surface area contributed by atoms with Gasteiger partial charge in [-0.2, -0.15) is 0 Å². The minimum absolute atomic E-state index is 0.146. The largest absolute Gasteiger partial charge is 0.380 e. The molecule has 0 heterocycles. The lowest BCUT2D eigenvalue weighted by molar-refractivity contribution is 0.597. The number of halogens is 1. The molecule has 0 radical (unpaired) electrons. The van der Waals surface area contributed by atoms with Gasteiger partial charge in [-0.25, -0.2) is 4.39 Å². The molecule has 0 unspecified atom stereocenters. The lowest BCUT2D eigenvalue weighted by Gasteiger charge is -2.14. The molecular formula is C12H16FN. The third-order valence-electron chi connectivity index (χ3n) is 2.93. The summed E-state index contributed by atoms with van der Waals surface area (Å²) in [7, 11) is 0. The van der Waals surface area contributed by atoms with Gasteiger partial charge in [-0.1, -0.05) is 19.1 Å². The second-order valence-corrected chi connectivity index (χ2v) is 4.24. The van der Waals surface area contributed by atoms with Crippen molar-refractivity contribution in [2.45, 2.75) is 32.2 Å². The van der Waals surface area contributed by atoms with Crippen LogP contribution < -0.4 is 5.32 Å². The Bertz CT molecular complexity index is 311. The topological polar surface area (TPSA) is 12.0 Å². The number of para-hydroxylation sites is 1. The first-order valence-electron chi connectivity index (χ1n) is 5.27. The van der Waals surface area contributed by atoms with Gasteiger partial charge in [0.1, 0.15) is 5.82 Å². The van der Waals surface area contributed by atoms with Crippen LogP contribution in [0.3, 0.4) is 0 Å². The molecule has 0 spiro atoms. The zero-order valence-corrected chi connectivity index (χ0v) is 8.46. The molecule has 0 aliphatic heterocycles. The van der Waals surface area contributed by atoms with Crippen LogP contribution >= 0.6 is 0 Å². The van der Waals surface area contributed by atoms with Gasteiger partial charge in [0.05, 0.1) is 5.69 Å². The summed E-state index contributed by atoms with van der Waals surface area (Å²) in [5.41, 5.74) is 0.645. The Labute approximate surface area is 84.3 Å². The van der Waals surface area contributed by atoms with Crippen molar-refractivity contribution in [3.05, 3.63) is 30.1 Å². The predicted molar refractivity (Wildman–Crippen MR) is 56.8 cm³/mol. The van der Waals surface area contributed by atoms with Crippen LogP contribution in [-0.4, -0.2) is 6.04 Å². The summed E-state index contributed by atoms with van der Waals surface area (Å²) in [4.78, 5) is 0. The first kappa shape index (κ1) is 9.50. The molecule has 0 aromatic heterocycles. The molecule has 0 saturated heterocycles. The average molecular weight is 193 g/mol. The first-order chi connectivity index (χ1) is 6.75. The van der Waals surface area contributed by atoms with Crippen LogP contribution in [0, 0.1) is 11.7 Å². The van der Waals surface area contributed by atoms with Gasteiger partial charge in [-0.3, -0.25) is 0 Å². The number of benzene rings is 1. The van der Waals surface area contributed by atoms with E-state index in [1.807, 2.05) is 6.07 Å². The van der Waals surface area contributed by atoms with Crippen LogP contribution in [0.15, 0.2) is 24.3 Å². The quantitative estimate of drug-likeness (QED) is 0.758. The average Bonchev–Trinajstić information content (AvgIpc) is 2.56.